The lowest BCUT2D eigenvalue weighted by molar-refractivity contribution is 0.0526. The van der Waals surface area contributed by atoms with Gasteiger partial charge in [-0.05, 0) is 51.1 Å². The number of hydrogen-bond acceptors (Lipinski definition) is 7. The molecule has 166 valence electrons. The Morgan fingerprint density at radius 3 is 2.81 bits per heavy atom. The van der Waals surface area contributed by atoms with Crippen LogP contribution in [0.5, 0.6) is 5.75 Å². The van der Waals surface area contributed by atoms with E-state index in [1.807, 2.05) is 36.6 Å². The first kappa shape index (κ1) is 21.4. The molecule has 8 nitrogen and oxygen atoms in total. The molecule has 0 saturated heterocycles. The van der Waals surface area contributed by atoms with Crippen LogP contribution < -0.4 is 10.1 Å². The van der Waals surface area contributed by atoms with E-state index in [1.54, 1.807) is 38.6 Å². The summed E-state index contributed by atoms with van der Waals surface area (Å²) in [5.74, 6) is 1.92. The Hall–Kier alpha value is -3.81. The van der Waals surface area contributed by atoms with Gasteiger partial charge in [0.25, 0.3) is 0 Å². The Labute approximate surface area is 186 Å². The lowest BCUT2D eigenvalue weighted by Gasteiger charge is -2.14. The summed E-state index contributed by atoms with van der Waals surface area (Å²) in [5, 5.41) is 3.39. The van der Waals surface area contributed by atoms with Crippen LogP contribution >= 0.6 is 0 Å². The van der Waals surface area contributed by atoms with Gasteiger partial charge in [0, 0.05) is 17.3 Å². The van der Waals surface area contributed by atoms with Gasteiger partial charge in [0.1, 0.15) is 11.5 Å². The zero-order chi connectivity index (χ0) is 22.7. The highest BCUT2D eigenvalue weighted by Crippen LogP contribution is 2.26. The predicted molar refractivity (Wildman–Crippen MR) is 121 cm³/mol. The number of furan rings is 1. The van der Waals surface area contributed by atoms with Crippen molar-refractivity contribution in [3.8, 4) is 5.75 Å². The summed E-state index contributed by atoms with van der Waals surface area (Å²) < 4.78 is 18.2. The monoisotopic (exact) mass is 434 g/mol. The van der Waals surface area contributed by atoms with Gasteiger partial charge in [-0.2, -0.15) is 0 Å². The van der Waals surface area contributed by atoms with Crippen LogP contribution in [0.1, 0.15) is 39.9 Å². The van der Waals surface area contributed by atoms with E-state index >= 15 is 0 Å². The van der Waals surface area contributed by atoms with E-state index in [9.17, 15) is 4.79 Å². The molecular formula is C24H26N4O4. The number of aryl methyl sites for hydroxylation is 1. The molecule has 3 aromatic heterocycles. The van der Waals surface area contributed by atoms with Crippen molar-refractivity contribution < 1.29 is 18.7 Å². The van der Waals surface area contributed by atoms with Crippen LogP contribution in [0.25, 0.3) is 11.0 Å². The third kappa shape index (κ3) is 4.16. The number of ether oxygens (including phenoxy) is 2. The Morgan fingerprint density at radius 1 is 1.25 bits per heavy atom. The second kappa shape index (κ2) is 9.13. The fourth-order valence-corrected chi connectivity index (χ4v) is 3.74. The standard InChI is InChI=1S/C24H26N4O4/c1-5-31-23(29)17-8-9-21-19(11-17)27-24(28(21)14-18-7-6-10-32-18)26-13-20-16(3)22(30-4)15(2)12-25-20/h6-12H,5,13-14H2,1-4H3,(H,26,27). The average molecular weight is 434 g/mol. The Morgan fingerprint density at radius 2 is 2.09 bits per heavy atom. The van der Waals surface area contributed by atoms with Crippen molar-refractivity contribution in [3.05, 3.63) is 70.9 Å². The van der Waals surface area contributed by atoms with Crippen molar-refractivity contribution in [2.45, 2.75) is 33.9 Å². The highest BCUT2D eigenvalue weighted by atomic mass is 16.5. The molecule has 0 saturated carbocycles. The fraction of sp³-hybridized carbons (Fsp3) is 0.292. The summed E-state index contributed by atoms with van der Waals surface area (Å²) >= 11 is 0. The minimum atomic E-state index is -0.365. The van der Waals surface area contributed by atoms with E-state index in [1.165, 1.54) is 0 Å². The van der Waals surface area contributed by atoms with Crippen molar-refractivity contribution >= 4 is 23.0 Å². The number of esters is 1. The van der Waals surface area contributed by atoms with Gasteiger partial charge in [0.05, 0.1) is 55.4 Å². The van der Waals surface area contributed by atoms with Crippen molar-refractivity contribution in [2.75, 3.05) is 19.0 Å². The van der Waals surface area contributed by atoms with Crippen LogP contribution in [-0.2, 0) is 17.8 Å². The molecule has 32 heavy (non-hydrogen) atoms. The molecule has 1 N–H and O–H groups in total. The van der Waals surface area contributed by atoms with Crippen molar-refractivity contribution in [1.29, 1.82) is 0 Å². The molecule has 0 atom stereocenters. The smallest absolute Gasteiger partial charge is 0.338 e. The summed E-state index contributed by atoms with van der Waals surface area (Å²) in [4.78, 5) is 21.5. The molecule has 0 radical (unpaired) electrons. The largest absolute Gasteiger partial charge is 0.496 e. The van der Waals surface area contributed by atoms with Gasteiger partial charge in [-0.3, -0.25) is 4.98 Å². The number of nitrogens with one attached hydrogen (secondary N) is 1. The number of benzene rings is 1. The number of fused-ring (bicyclic) bond motifs is 1. The molecule has 0 amide bonds. The topological polar surface area (TPSA) is 91.4 Å². The van der Waals surface area contributed by atoms with Crippen LogP contribution in [0.15, 0.2) is 47.2 Å². The molecule has 0 spiro atoms. The molecule has 0 fully saturated rings. The Bertz CT molecular complexity index is 1240. The Balaban J connectivity index is 1.69. The number of carbonyl (C=O) groups is 1. The lowest BCUT2D eigenvalue weighted by atomic mass is 10.1. The quantitative estimate of drug-likeness (QED) is 0.409. The Kier molecular flexibility index (Phi) is 6.11. The summed E-state index contributed by atoms with van der Waals surface area (Å²) in [6.07, 6.45) is 3.45. The second-order valence-electron chi connectivity index (χ2n) is 7.42. The molecule has 0 aliphatic rings. The van der Waals surface area contributed by atoms with Gasteiger partial charge >= 0.3 is 5.97 Å². The third-order valence-electron chi connectivity index (χ3n) is 5.32. The van der Waals surface area contributed by atoms with Gasteiger partial charge in [-0.15, -0.1) is 0 Å². The van der Waals surface area contributed by atoms with Crippen molar-refractivity contribution in [2.24, 2.45) is 0 Å². The maximum Gasteiger partial charge on any atom is 0.338 e. The zero-order valence-electron chi connectivity index (χ0n) is 18.6. The van der Waals surface area contributed by atoms with Crippen LogP contribution in [0, 0.1) is 13.8 Å². The number of rotatable bonds is 8. The van der Waals surface area contributed by atoms with E-state index in [-0.39, 0.29) is 5.97 Å². The SMILES string of the molecule is CCOC(=O)c1ccc2c(c1)nc(NCc1ncc(C)c(OC)c1C)n2Cc1ccco1. The van der Waals surface area contributed by atoms with Crippen molar-refractivity contribution in [3.63, 3.8) is 0 Å². The number of pyridine rings is 1. The van der Waals surface area contributed by atoms with Gasteiger partial charge in [0.2, 0.25) is 5.95 Å². The van der Waals surface area contributed by atoms with Crippen LogP contribution in [0.2, 0.25) is 0 Å². The molecule has 3 heterocycles. The molecular weight excluding hydrogens is 408 g/mol. The van der Waals surface area contributed by atoms with Crippen LogP contribution in [-0.4, -0.2) is 34.2 Å². The number of aromatic nitrogens is 3. The lowest BCUT2D eigenvalue weighted by Crippen LogP contribution is -2.11. The van der Waals surface area contributed by atoms with Gasteiger partial charge in [-0.25, -0.2) is 9.78 Å². The molecule has 4 aromatic rings. The summed E-state index contributed by atoms with van der Waals surface area (Å²) in [6.45, 7) is 7.03. The number of anilines is 1. The number of methoxy groups -OCH3 is 1. The minimum absolute atomic E-state index is 0.322. The maximum absolute atomic E-state index is 12.2. The molecule has 4 rings (SSSR count). The molecule has 0 bridgehead atoms. The first-order valence-electron chi connectivity index (χ1n) is 10.4. The number of nitrogens with zero attached hydrogens (tertiary/aromatic N) is 3. The molecule has 0 unspecified atom stereocenters. The predicted octanol–water partition coefficient (Wildman–Crippen LogP) is 4.49. The molecule has 1 aromatic carbocycles. The fourth-order valence-electron chi connectivity index (χ4n) is 3.74. The van der Waals surface area contributed by atoms with E-state index in [0.29, 0.717) is 36.7 Å². The normalized spacial score (nSPS) is 11.0. The third-order valence-corrected chi connectivity index (χ3v) is 5.32. The average Bonchev–Trinajstić information content (AvgIpc) is 3.42. The van der Waals surface area contributed by atoms with E-state index in [2.05, 4.69) is 10.3 Å². The van der Waals surface area contributed by atoms with Gasteiger partial charge in [0.15, 0.2) is 0 Å². The first-order valence-corrected chi connectivity index (χ1v) is 10.4. The number of hydrogen-bond donors (Lipinski definition) is 1. The van der Waals surface area contributed by atoms with E-state index < -0.39 is 0 Å². The van der Waals surface area contributed by atoms with Crippen LogP contribution in [0.3, 0.4) is 0 Å². The highest BCUT2D eigenvalue weighted by Gasteiger charge is 2.16. The van der Waals surface area contributed by atoms with Crippen molar-refractivity contribution in [1.82, 2.24) is 14.5 Å². The number of imidazole rings is 1. The maximum atomic E-state index is 12.2. The van der Waals surface area contributed by atoms with Crippen LogP contribution in [0.4, 0.5) is 5.95 Å². The molecule has 8 heteroatoms. The van der Waals surface area contributed by atoms with E-state index in [0.717, 1.165) is 33.8 Å². The summed E-state index contributed by atoms with van der Waals surface area (Å²) in [7, 11) is 1.66. The van der Waals surface area contributed by atoms with Gasteiger partial charge < -0.3 is 23.8 Å². The van der Waals surface area contributed by atoms with Gasteiger partial charge in [-0.1, -0.05) is 0 Å². The summed E-state index contributed by atoms with van der Waals surface area (Å²) in [6, 6.07) is 9.14. The first-order chi connectivity index (χ1) is 15.5. The second-order valence-corrected chi connectivity index (χ2v) is 7.42. The highest BCUT2D eigenvalue weighted by molar-refractivity contribution is 5.94. The minimum Gasteiger partial charge on any atom is -0.496 e. The zero-order valence-corrected chi connectivity index (χ0v) is 18.6. The number of carbonyl (C=O) groups excluding carboxylic acids is 1. The van der Waals surface area contributed by atoms with E-state index in [4.69, 9.17) is 18.9 Å². The molecule has 0 aliphatic heterocycles. The molecule has 0 aliphatic carbocycles. The summed E-state index contributed by atoms with van der Waals surface area (Å²) in [5.41, 5.74) is 4.88.